The van der Waals surface area contributed by atoms with Crippen LogP contribution in [-0.2, 0) is 9.53 Å². The summed E-state index contributed by atoms with van der Waals surface area (Å²) in [5.74, 6) is -0.245. The van der Waals surface area contributed by atoms with Gasteiger partial charge in [-0.1, -0.05) is 6.42 Å². The summed E-state index contributed by atoms with van der Waals surface area (Å²) in [4.78, 5) is 10.9. The number of nitrogens with one attached hydrogen (secondary N) is 1. The van der Waals surface area contributed by atoms with Crippen LogP contribution < -0.4 is 5.32 Å². The molecule has 0 spiro atoms. The van der Waals surface area contributed by atoms with Gasteiger partial charge in [0.2, 0.25) is 0 Å². The van der Waals surface area contributed by atoms with E-state index in [1.54, 1.807) is 6.92 Å². The van der Waals surface area contributed by atoms with Gasteiger partial charge in [0.15, 0.2) is 0 Å². The highest BCUT2D eigenvalue weighted by Gasteiger charge is 2.25. The molecule has 0 aromatic rings. The molecule has 0 saturated carbocycles. The first-order valence-corrected chi connectivity index (χ1v) is 5.39. The third-order valence-corrected chi connectivity index (χ3v) is 1.87. The third-order valence-electron chi connectivity index (χ3n) is 1.87. The molecule has 1 N–H and O–H groups in total. The second-order valence-corrected chi connectivity index (χ2v) is 3.41. The smallest absolute Gasteiger partial charge is 0.401 e. The van der Waals surface area contributed by atoms with Crippen LogP contribution in [0.4, 0.5) is 13.2 Å². The number of halogens is 3. The standard InChI is InChI=1S/C10H18F3NO2/c1-2-16-9(15)6-4-3-5-7-14-8-10(11,12)13/h14H,2-8H2,1H3. The molecule has 0 aliphatic carbocycles. The summed E-state index contributed by atoms with van der Waals surface area (Å²) in [6.07, 6.45) is -1.79. The summed E-state index contributed by atoms with van der Waals surface area (Å²) in [7, 11) is 0. The van der Waals surface area contributed by atoms with Crippen molar-refractivity contribution < 1.29 is 22.7 Å². The monoisotopic (exact) mass is 241 g/mol. The van der Waals surface area contributed by atoms with E-state index in [-0.39, 0.29) is 5.97 Å². The van der Waals surface area contributed by atoms with E-state index in [0.29, 0.717) is 32.4 Å². The Labute approximate surface area is 93.3 Å². The lowest BCUT2D eigenvalue weighted by molar-refractivity contribution is -0.143. The molecule has 0 unspecified atom stereocenters. The van der Waals surface area contributed by atoms with Gasteiger partial charge in [0, 0.05) is 6.42 Å². The van der Waals surface area contributed by atoms with E-state index in [9.17, 15) is 18.0 Å². The average Bonchev–Trinajstić information content (AvgIpc) is 2.15. The third kappa shape index (κ3) is 11.3. The lowest BCUT2D eigenvalue weighted by atomic mass is 10.2. The molecule has 0 amide bonds. The molecule has 3 nitrogen and oxygen atoms in total. The van der Waals surface area contributed by atoms with Crippen LogP contribution in [0.25, 0.3) is 0 Å². The Hall–Kier alpha value is -0.780. The first kappa shape index (κ1) is 15.2. The van der Waals surface area contributed by atoms with Gasteiger partial charge in [-0.15, -0.1) is 0 Å². The molecular weight excluding hydrogens is 223 g/mol. The molecular formula is C10H18F3NO2. The Morgan fingerprint density at radius 1 is 1.25 bits per heavy atom. The molecule has 0 fully saturated rings. The van der Waals surface area contributed by atoms with Gasteiger partial charge < -0.3 is 10.1 Å². The fraction of sp³-hybridized carbons (Fsp3) is 0.900. The summed E-state index contributed by atoms with van der Waals surface area (Å²) in [5.41, 5.74) is 0. The quantitative estimate of drug-likeness (QED) is 0.523. The molecule has 0 radical (unpaired) electrons. The predicted octanol–water partition coefficient (Wildman–Crippen LogP) is 2.26. The van der Waals surface area contributed by atoms with Gasteiger partial charge in [-0.25, -0.2) is 0 Å². The number of ether oxygens (including phenoxy) is 1. The Morgan fingerprint density at radius 3 is 2.50 bits per heavy atom. The maximum Gasteiger partial charge on any atom is 0.401 e. The van der Waals surface area contributed by atoms with Gasteiger partial charge in [-0.2, -0.15) is 13.2 Å². The number of carbonyl (C=O) groups excluding carboxylic acids is 1. The van der Waals surface area contributed by atoms with Crippen LogP contribution in [0.1, 0.15) is 32.6 Å². The summed E-state index contributed by atoms with van der Waals surface area (Å²) in [6, 6.07) is 0. The van der Waals surface area contributed by atoms with Crippen molar-refractivity contribution in [2.45, 2.75) is 38.8 Å². The maximum absolute atomic E-state index is 11.7. The number of hydrogen-bond donors (Lipinski definition) is 1. The molecule has 0 atom stereocenters. The van der Waals surface area contributed by atoms with E-state index in [1.807, 2.05) is 0 Å². The van der Waals surface area contributed by atoms with Crippen molar-refractivity contribution in [3.8, 4) is 0 Å². The molecule has 96 valence electrons. The van der Waals surface area contributed by atoms with Gasteiger partial charge in [0.05, 0.1) is 13.2 Å². The first-order chi connectivity index (χ1) is 7.45. The van der Waals surface area contributed by atoms with E-state index < -0.39 is 12.7 Å². The highest BCUT2D eigenvalue weighted by molar-refractivity contribution is 5.69. The minimum Gasteiger partial charge on any atom is -0.466 e. The largest absolute Gasteiger partial charge is 0.466 e. The second kappa shape index (κ2) is 8.38. The van der Waals surface area contributed by atoms with Crippen molar-refractivity contribution in [3.05, 3.63) is 0 Å². The summed E-state index contributed by atoms with van der Waals surface area (Å²) >= 11 is 0. The summed E-state index contributed by atoms with van der Waals surface area (Å²) in [6.45, 7) is 1.47. The second-order valence-electron chi connectivity index (χ2n) is 3.41. The summed E-state index contributed by atoms with van der Waals surface area (Å²) < 4.78 is 39.8. The van der Waals surface area contributed by atoms with Crippen molar-refractivity contribution in [1.82, 2.24) is 5.32 Å². The Kier molecular flexibility index (Phi) is 7.97. The molecule has 0 bridgehead atoms. The van der Waals surface area contributed by atoms with Crippen LogP contribution in [-0.4, -0.2) is 31.8 Å². The van der Waals surface area contributed by atoms with E-state index in [0.717, 1.165) is 6.42 Å². The number of hydrogen-bond acceptors (Lipinski definition) is 3. The van der Waals surface area contributed by atoms with Crippen LogP contribution in [0.5, 0.6) is 0 Å². The van der Waals surface area contributed by atoms with Crippen LogP contribution in [0.2, 0.25) is 0 Å². The van der Waals surface area contributed by atoms with Gasteiger partial charge >= 0.3 is 12.1 Å². The molecule has 0 aliphatic heterocycles. The Balaban J connectivity index is 3.19. The van der Waals surface area contributed by atoms with Gasteiger partial charge in [-0.3, -0.25) is 4.79 Å². The van der Waals surface area contributed by atoms with Crippen molar-refractivity contribution in [3.63, 3.8) is 0 Å². The molecule has 0 aliphatic rings. The van der Waals surface area contributed by atoms with Crippen LogP contribution >= 0.6 is 0 Å². The fourth-order valence-corrected chi connectivity index (χ4v) is 1.16. The van der Waals surface area contributed by atoms with E-state index in [2.05, 4.69) is 5.32 Å². The molecule has 16 heavy (non-hydrogen) atoms. The van der Waals surface area contributed by atoms with Gasteiger partial charge in [0.1, 0.15) is 0 Å². The zero-order valence-electron chi connectivity index (χ0n) is 9.40. The topological polar surface area (TPSA) is 38.3 Å². The predicted molar refractivity (Wildman–Crippen MR) is 54.0 cm³/mol. The fourth-order valence-electron chi connectivity index (χ4n) is 1.16. The maximum atomic E-state index is 11.7. The van der Waals surface area contributed by atoms with Crippen molar-refractivity contribution >= 4 is 5.97 Å². The highest BCUT2D eigenvalue weighted by Crippen LogP contribution is 2.12. The number of rotatable bonds is 8. The van der Waals surface area contributed by atoms with E-state index >= 15 is 0 Å². The minimum atomic E-state index is -4.15. The van der Waals surface area contributed by atoms with E-state index in [4.69, 9.17) is 4.74 Å². The Bertz CT molecular complexity index is 195. The van der Waals surface area contributed by atoms with Gasteiger partial charge in [0.25, 0.3) is 0 Å². The van der Waals surface area contributed by atoms with Crippen LogP contribution in [0.15, 0.2) is 0 Å². The number of carbonyl (C=O) groups is 1. The first-order valence-electron chi connectivity index (χ1n) is 5.39. The van der Waals surface area contributed by atoms with E-state index in [1.165, 1.54) is 0 Å². The lowest BCUT2D eigenvalue weighted by Gasteiger charge is -2.07. The zero-order valence-corrected chi connectivity index (χ0v) is 9.40. The van der Waals surface area contributed by atoms with Crippen LogP contribution in [0.3, 0.4) is 0 Å². The molecule has 6 heteroatoms. The number of unbranched alkanes of at least 4 members (excludes halogenated alkanes) is 2. The van der Waals surface area contributed by atoms with Crippen molar-refractivity contribution in [2.24, 2.45) is 0 Å². The number of esters is 1. The molecule has 0 aromatic carbocycles. The lowest BCUT2D eigenvalue weighted by Crippen LogP contribution is -2.29. The molecule has 0 aromatic heterocycles. The number of alkyl halides is 3. The highest BCUT2D eigenvalue weighted by atomic mass is 19.4. The average molecular weight is 241 g/mol. The van der Waals surface area contributed by atoms with Crippen molar-refractivity contribution in [2.75, 3.05) is 19.7 Å². The summed E-state index contributed by atoms with van der Waals surface area (Å²) in [5, 5.41) is 2.30. The minimum absolute atomic E-state index is 0.245. The van der Waals surface area contributed by atoms with Crippen molar-refractivity contribution in [1.29, 1.82) is 0 Å². The molecule has 0 heterocycles. The van der Waals surface area contributed by atoms with Gasteiger partial charge in [-0.05, 0) is 26.3 Å². The molecule has 0 rings (SSSR count). The molecule has 0 saturated heterocycles. The normalized spacial score (nSPS) is 11.5. The zero-order chi connectivity index (χ0) is 12.4. The Morgan fingerprint density at radius 2 is 1.94 bits per heavy atom. The SMILES string of the molecule is CCOC(=O)CCCCCNCC(F)(F)F. The van der Waals surface area contributed by atoms with Crippen LogP contribution in [0, 0.1) is 0 Å².